The second-order valence-corrected chi connectivity index (χ2v) is 7.19. The van der Waals surface area contributed by atoms with E-state index in [1.165, 1.54) is 12.8 Å². The monoisotopic (exact) mass is 233 g/mol. The van der Waals surface area contributed by atoms with E-state index in [0.29, 0.717) is 17.4 Å². The minimum Gasteiger partial charge on any atom is -0.327 e. The largest absolute Gasteiger partial charge is 0.327 e. The number of rotatable bonds is 5. The SMILES string of the molecule is CCCC(C)CC(N)C1CCS(=O)(=O)C1. The molecular formula is C11H23NO2S. The maximum absolute atomic E-state index is 11.3. The summed E-state index contributed by atoms with van der Waals surface area (Å²) in [5.41, 5.74) is 6.07. The van der Waals surface area contributed by atoms with Crippen LogP contribution >= 0.6 is 0 Å². The molecule has 3 nitrogen and oxygen atoms in total. The van der Waals surface area contributed by atoms with Crippen molar-refractivity contribution in [3.05, 3.63) is 0 Å². The van der Waals surface area contributed by atoms with Crippen molar-refractivity contribution in [1.29, 1.82) is 0 Å². The van der Waals surface area contributed by atoms with Gasteiger partial charge in [-0.15, -0.1) is 0 Å². The summed E-state index contributed by atoms with van der Waals surface area (Å²) < 4.78 is 22.6. The van der Waals surface area contributed by atoms with Gasteiger partial charge in [-0.25, -0.2) is 8.42 Å². The lowest BCUT2D eigenvalue weighted by Gasteiger charge is -2.21. The van der Waals surface area contributed by atoms with Gasteiger partial charge in [-0.05, 0) is 24.7 Å². The van der Waals surface area contributed by atoms with Gasteiger partial charge in [-0.1, -0.05) is 26.7 Å². The number of hydrogen-bond donors (Lipinski definition) is 1. The van der Waals surface area contributed by atoms with Crippen molar-refractivity contribution in [3.8, 4) is 0 Å². The first-order valence-electron chi connectivity index (χ1n) is 5.90. The van der Waals surface area contributed by atoms with Gasteiger partial charge in [0.1, 0.15) is 0 Å². The molecule has 0 aromatic heterocycles. The summed E-state index contributed by atoms with van der Waals surface area (Å²) in [4.78, 5) is 0. The summed E-state index contributed by atoms with van der Waals surface area (Å²) in [7, 11) is -2.77. The lowest BCUT2D eigenvalue weighted by Crippen LogP contribution is -2.32. The molecule has 1 aliphatic heterocycles. The lowest BCUT2D eigenvalue weighted by molar-refractivity contribution is 0.361. The van der Waals surface area contributed by atoms with Crippen LogP contribution in [-0.2, 0) is 9.84 Å². The molecule has 1 fully saturated rings. The zero-order valence-electron chi connectivity index (χ0n) is 9.78. The van der Waals surface area contributed by atoms with Crippen molar-refractivity contribution in [1.82, 2.24) is 0 Å². The molecule has 0 amide bonds. The third kappa shape index (κ3) is 4.11. The Morgan fingerprint density at radius 1 is 1.47 bits per heavy atom. The molecule has 0 aliphatic carbocycles. The second kappa shape index (κ2) is 5.30. The van der Waals surface area contributed by atoms with Crippen LogP contribution < -0.4 is 5.73 Å². The van der Waals surface area contributed by atoms with Crippen LogP contribution in [0.1, 0.15) is 39.5 Å². The Kier molecular flexibility index (Phi) is 4.59. The molecular weight excluding hydrogens is 210 g/mol. The van der Waals surface area contributed by atoms with Crippen LogP contribution in [0.4, 0.5) is 0 Å². The van der Waals surface area contributed by atoms with Crippen molar-refractivity contribution in [3.63, 3.8) is 0 Å². The lowest BCUT2D eigenvalue weighted by atomic mass is 9.89. The average Bonchev–Trinajstić information content (AvgIpc) is 2.46. The average molecular weight is 233 g/mol. The molecule has 0 aromatic rings. The van der Waals surface area contributed by atoms with E-state index in [1.807, 2.05) is 0 Å². The quantitative estimate of drug-likeness (QED) is 0.784. The Morgan fingerprint density at radius 2 is 2.13 bits per heavy atom. The van der Waals surface area contributed by atoms with Crippen LogP contribution in [0.15, 0.2) is 0 Å². The van der Waals surface area contributed by atoms with Crippen LogP contribution in [0.2, 0.25) is 0 Å². The topological polar surface area (TPSA) is 60.2 Å². The molecule has 0 radical (unpaired) electrons. The van der Waals surface area contributed by atoms with Gasteiger partial charge in [-0.2, -0.15) is 0 Å². The first-order chi connectivity index (χ1) is 6.94. The van der Waals surface area contributed by atoms with E-state index < -0.39 is 9.84 Å². The van der Waals surface area contributed by atoms with Gasteiger partial charge in [0.05, 0.1) is 11.5 Å². The molecule has 0 saturated carbocycles. The highest BCUT2D eigenvalue weighted by atomic mass is 32.2. The van der Waals surface area contributed by atoms with Crippen molar-refractivity contribution < 1.29 is 8.42 Å². The molecule has 2 N–H and O–H groups in total. The van der Waals surface area contributed by atoms with Gasteiger partial charge < -0.3 is 5.73 Å². The molecule has 4 heteroatoms. The molecule has 1 aliphatic rings. The van der Waals surface area contributed by atoms with E-state index in [4.69, 9.17) is 5.73 Å². The zero-order chi connectivity index (χ0) is 11.5. The maximum atomic E-state index is 11.3. The number of hydrogen-bond acceptors (Lipinski definition) is 3. The normalized spacial score (nSPS) is 28.9. The second-order valence-electron chi connectivity index (χ2n) is 4.96. The van der Waals surface area contributed by atoms with E-state index in [2.05, 4.69) is 13.8 Å². The third-order valence-corrected chi connectivity index (χ3v) is 5.12. The molecule has 3 unspecified atom stereocenters. The Hall–Kier alpha value is -0.0900. The smallest absolute Gasteiger partial charge is 0.150 e. The third-order valence-electron chi connectivity index (χ3n) is 3.33. The molecule has 15 heavy (non-hydrogen) atoms. The van der Waals surface area contributed by atoms with Crippen LogP contribution in [0.3, 0.4) is 0 Å². The van der Waals surface area contributed by atoms with Gasteiger partial charge >= 0.3 is 0 Å². The molecule has 0 spiro atoms. The van der Waals surface area contributed by atoms with Gasteiger partial charge in [0.2, 0.25) is 0 Å². The standard InChI is InChI=1S/C11H23NO2S/c1-3-4-9(2)7-11(12)10-5-6-15(13,14)8-10/h9-11H,3-8,12H2,1-2H3. The Bertz CT molecular complexity index is 287. The van der Waals surface area contributed by atoms with Crippen molar-refractivity contribution >= 4 is 9.84 Å². The van der Waals surface area contributed by atoms with Gasteiger partial charge in [-0.3, -0.25) is 0 Å². The zero-order valence-corrected chi connectivity index (χ0v) is 10.6. The summed E-state index contributed by atoms with van der Waals surface area (Å²) in [5, 5.41) is 0. The summed E-state index contributed by atoms with van der Waals surface area (Å²) in [6, 6.07) is 0.0730. The first-order valence-corrected chi connectivity index (χ1v) is 7.72. The fourth-order valence-electron chi connectivity index (χ4n) is 2.43. The predicted octanol–water partition coefficient (Wildman–Crippen LogP) is 1.57. The van der Waals surface area contributed by atoms with Crippen LogP contribution in [-0.4, -0.2) is 26.0 Å². The fraction of sp³-hybridized carbons (Fsp3) is 1.00. The van der Waals surface area contributed by atoms with Crippen LogP contribution in [0, 0.1) is 11.8 Å². The molecule has 1 saturated heterocycles. The Morgan fingerprint density at radius 3 is 2.60 bits per heavy atom. The number of sulfone groups is 1. The Balaban J connectivity index is 2.38. The highest BCUT2D eigenvalue weighted by molar-refractivity contribution is 7.91. The summed E-state index contributed by atoms with van der Waals surface area (Å²) in [6.45, 7) is 4.37. The summed E-state index contributed by atoms with van der Waals surface area (Å²) >= 11 is 0. The Labute approximate surface area is 93.3 Å². The van der Waals surface area contributed by atoms with E-state index in [9.17, 15) is 8.42 Å². The molecule has 0 aromatic carbocycles. The molecule has 3 atom stereocenters. The molecule has 90 valence electrons. The van der Waals surface area contributed by atoms with Crippen LogP contribution in [0.5, 0.6) is 0 Å². The maximum Gasteiger partial charge on any atom is 0.150 e. The van der Waals surface area contributed by atoms with E-state index in [1.54, 1.807) is 0 Å². The number of nitrogens with two attached hydrogens (primary N) is 1. The highest BCUT2D eigenvalue weighted by Crippen LogP contribution is 2.25. The van der Waals surface area contributed by atoms with Gasteiger partial charge in [0.25, 0.3) is 0 Å². The van der Waals surface area contributed by atoms with Crippen LogP contribution in [0.25, 0.3) is 0 Å². The minimum atomic E-state index is -2.77. The first kappa shape index (κ1) is 13.0. The van der Waals surface area contributed by atoms with E-state index in [0.717, 1.165) is 12.8 Å². The fourth-order valence-corrected chi connectivity index (χ4v) is 4.32. The van der Waals surface area contributed by atoms with Crippen molar-refractivity contribution in [2.75, 3.05) is 11.5 Å². The van der Waals surface area contributed by atoms with E-state index >= 15 is 0 Å². The minimum absolute atomic E-state index is 0.0730. The van der Waals surface area contributed by atoms with Gasteiger partial charge in [0.15, 0.2) is 9.84 Å². The highest BCUT2D eigenvalue weighted by Gasteiger charge is 2.32. The molecule has 1 rings (SSSR count). The molecule has 1 heterocycles. The van der Waals surface area contributed by atoms with E-state index in [-0.39, 0.29) is 12.0 Å². The summed E-state index contributed by atoms with van der Waals surface area (Å²) in [5.74, 6) is 1.48. The summed E-state index contributed by atoms with van der Waals surface area (Å²) in [6.07, 6.45) is 4.10. The van der Waals surface area contributed by atoms with Crippen molar-refractivity contribution in [2.45, 2.75) is 45.6 Å². The molecule has 0 bridgehead atoms. The van der Waals surface area contributed by atoms with Gasteiger partial charge in [0, 0.05) is 6.04 Å². The predicted molar refractivity (Wildman–Crippen MR) is 63.4 cm³/mol. The van der Waals surface area contributed by atoms with Crippen molar-refractivity contribution in [2.24, 2.45) is 17.6 Å².